The second kappa shape index (κ2) is 7.83. The van der Waals surface area contributed by atoms with Crippen molar-refractivity contribution in [3.05, 3.63) is 60.2 Å². The molecule has 0 fully saturated rings. The third-order valence-corrected chi connectivity index (χ3v) is 3.19. The van der Waals surface area contributed by atoms with Crippen molar-refractivity contribution in [1.29, 1.82) is 0 Å². The fourth-order valence-electron chi connectivity index (χ4n) is 2.06. The van der Waals surface area contributed by atoms with Gasteiger partial charge >= 0.3 is 7.12 Å². The minimum atomic E-state index is -1.46. The average molecular weight is 285 g/mol. The number of likely N-dealkylation sites (N-methyl/N-ethyl adjacent to an activating group) is 1. The van der Waals surface area contributed by atoms with Gasteiger partial charge in [0.15, 0.2) is 0 Å². The van der Waals surface area contributed by atoms with E-state index in [1.807, 2.05) is 31.3 Å². The van der Waals surface area contributed by atoms with E-state index in [1.54, 1.807) is 18.2 Å². The van der Waals surface area contributed by atoms with Gasteiger partial charge in [-0.2, -0.15) is 0 Å². The summed E-state index contributed by atoms with van der Waals surface area (Å²) in [5.41, 5.74) is 1.70. The summed E-state index contributed by atoms with van der Waals surface area (Å²) in [7, 11) is 0.582. The highest BCUT2D eigenvalue weighted by molar-refractivity contribution is 6.58. The monoisotopic (exact) mass is 285 g/mol. The number of nitrogens with zero attached hydrogens (tertiary/aromatic N) is 1. The normalized spacial score (nSPS) is 10.7. The Hall–Kier alpha value is -1.82. The number of ether oxygens (including phenoxy) is 1. The van der Waals surface area contributed by atoms with Crippen LogP contribution in [0.2, 0.25) is 0 Å². The average Bonchev–Trinajstić information content (AvgIpc) is 2.48. The van der Waals surface area contributed by atoms with Gasteiger partial charge in [0.1, 0.15) is 12.4 Å². The summed E-state index contributed by atoms with van der Waals surface area (Å²) in [6, 6.07) is 17.1. The molecule has 5 heteroatoms. The molecule has 0 radical (unpaired) electrons. The van der Waals surface area contributed by atoms with Crippen molar-refractivity contribution in [3.8, 4) is 5.75 Å². The van der Waals surface area contributed by atoms with E-state index < -0.39 is 7.12 Å². The Morgan fingerprint density at radius 3 is 2.52 bits per heavy atom. The summed E-state index contributed by atoms with van der Waals surface area (Å²) in [5, 5.41) is 18.2. The summed E-state index contributed by atoms with van der Waals surface area (Å²) >= 11 is 0. The fourth-order valence-corrected chi connectivity index (χ4v) is 2.06. The van der Waals surface area contributed by atoms with E-state index in [0.29, 0.717) is 17.8 Å². The molecule has 0 saturated heterocycles. The lowest BCUT2D eigenvalue weighted by molar-refractivity contribution is 0.233. The minimum Gasteiger partial charge on any atom is -0.492 e. The minimum absolute atomic E-state index is 0.435. The van der Waals surface area contributed by atoms with Gasteiger partial charge in [-0.25, -0.2) is 0 Å². The second-order valence-corrected chi connectivity index (χ2v) is 5.02. The van der Waals surface area contributed by atoms with Gasteiger partial charge in [-0.05, 0) is 30.2 Å². The lowest BCUT2D eigenvalue weighted by Gasteiger charge is -2.17. The predicted octanol–water partition coefficient (Wildman–Crippen LogP) is 0.877. The Kier molecular flexibility index (Phi) is 5.81. The number of hydrogen-bond acceptors (Lipinski definition) is 4. The number of benzene rings is 2. The summed E-state index contributed by atoms with van der Waals surface area (Å²) in [5.74, 6) is 0.647. The van der Waals surface area contributed by atoms with Gasteiger partial charge in [0.2, 0.25) is 0 Å². The van der Waals surface area contributed by atoms with Crippen LogP contribution >= 0.6 is 0 Å². The van der Waals surface area contributed by atoms with Gasteiger partial charge in [0.05, 0.1) is 0 Å². The molecule has 0 saturated carbocycles. The number of hydrogen-bond donors (Lipinski definition) is 2. The van der Waals surface area contributed by atoms with Gasteiger partial charge in [0, 0.05) is 13.1 Å². The van der Waals surface area contributed by atoms with E-state index in [2.05, 4.69) is 17.0 Å². The molecule has 0 unspecified atom stereocenters. The highest BCUT2D eigenvalue weighted by Gasteiger charge is 2.11. The van der Waals surface area contributed by atoms with Crippen molar-refractivity contribution in [2.75, 3.05) is 20.2 Å². The maximum Gasteiger partial charge on any atom is 0.488 e. The number of rotatable bonds is 7. The molecule has 0 atom stereocenters. The van der Waals surface area contributed by atoms with Crippen molar-refractivity contribution in [3.63, 3.8) is 0 Å². The summed E-state index contributed by atoms with van der Waals surface area (Å²) in [6.07, 6.45) is 0. The first-order valence-corrected chi connectivity index (χ1v) is 6.96. The van der Waals surface area contributed by atoms with Crippen molar-refractivity contribution in [2.24, 2.45) is 0 Å². The van der Waals surface area contributed by atoms with E-state index in [-0.39, 0.29) is 0 Å². The van der Waals surface area contributed by atoms with E-state index >= 15 is 0 Å². The standard InChI is InChI=1S/C16H20BNO3/c1-18(13-14-6-3-2-4-7-14)10-11-21-16-9-5-8-15(12-16)17(19)20/h2-9,12,19-20H,10-11,13H2,1H3. The maximum absolute atomic E-state index is 9.12. The van der Waals surface area contributed by atoms with Crippen LogP contribution in [-0.2, 0) is 6.54 Å². The molecule has 0 bridgehead atoms. The van der Waals surface area contributed by atoms with Crippen molar-refractivity contribution in [2.45, 2.75) is 6.54 Å². The fraction of sp³-hybridized carbons (Fsp3) is 0.250. The molecule has 4 nitrogen and oxygen atoms in total. The third kappa shape index (κ3) is 5.23. The molecule has 0 amide bonds. The van der Waals surface area contributed by atoms with Gasteiger partial charge in [-0.15, -0.1) is 0 Å². The summed E-state index contributed by atoms with van der Waals surface area (Å²) in [4.78, 5) is 2.18. The molecular formula is C16H20BNO3. The maximum atomic E-state index is 9.12. The molecule has 2 rings (SSSR count). The zero-order valence-electron chi connectivity index (χ0n) is 12.1. The first-order chi connectivity index (χ1) is 10.1. The van der Waals surface area contributed by atoms with Crippen LogP contribution in [0, 0.1) is 0 Å². The van der Waals surface area contributed by atoms with E-state index in [4.69, 9.17) is 14.8 Å². The Morgan fingerprint density at radius 1 is 1.05 bits per heavy atom. The molecule has 0 aromatic heterocycles. The highest BCUT2D eigenvalue weighted by atomic mass is 16.5. The molecule has 21 heavy (non-hydrogen) atoms. The van der Waals surface area contributed by atoms with Crippen LogP contribution in [0.15, 0.2) is 54.6 Å². The molecule has 2 N–H and O–H groups in total. The van der Waals surface area contributed by atoms with Gasteiger partial charge in [-0.1, -0.05) is 42.5 Å². The second-order valence-electron chi connectivity index (χ2n) is 5.02. The Morgan fingerprint density at radius 2 is 1.81 bits per heavy atom. The van der Waals surface area contributed by atoms with Crippen LogP contribution in [0.4, 0.5) is 0 Å². The van der Waals surface area contributed by atoms with E-state index in [0.717, 1.165) is 13.1 Å². The van der Waals surface area contributed by atoms with Crippen LogP contribution in [-0.4, -0.2) is 42.3 Å². The Labute approximate surface area is 125 Å². The first kappa shape index (κ1) is 15.6. The van der Waals surface area contributed by atoms with Crippen molar-refractivity contribution < 1.29 is 14.8 Å². The van der Waals surface area contributed by atoms with Crippen molar-refractivity contribution >= 4 is 12.6 Å². The molecule has 0 aliphatic heterocycles. The predicted molar refractivity (Wildman–Crippen MR) is 84.5 cm³/mol. The molecule has 0 aliphatic rings. The van der Waals surface area contributed by atoms with Crippen LogP contribution in [0.1, 0.15) is 5.56 Å². The molecule has 2 aromatic rings. The topological polar surface area (TPSA) is 52.9 Å². The SMILES string of the molecule is CN(CCOc1cccc(B(O)O)c1)Cc1ccccc1. The van der Waals surface area contributed by atoms with Crippen molar-refractivity contribution in [1.82, 2.24) is 4.90 Å². The Bertz CT molecular complexity index is 548. The first-order valence-electron chi connectivity index (χ1n) is 6.96. The zero-order valence-corrected chi connectivity index (χ0v) is 12.1. The molecule has 0 aliphatic carbocycles. The smallest absolute Gasteiger partial charge is 0.488 e. The lowest BCUT2D eigenvalue weighted by atomic mass is 9.80. The van der Waals surface area contributed by atoms with Crippen LogP contribution in [0.25, 0.3) is 0 Å². The van der Waals surface area contributed by atoms with Gasteiger partial charge in [0.25, 0.3) is 0 Å². The lowest BCUT2D eigenvalue weighted by Crippen LogP contribution is -2.29. The molecule has 110 valence electrons. The van der Waals surface area contributed by atoms with Crippen LogP contribution in [0.5, 0.6) is 5.75 Å². The molecule has 2 aromatic carbocycles. The molecule has 0 spiro atoms. The third-order valence-electron chi connectivity index (χ3n) is 3.19. The van der Waals surface area contributed by atoms with E-state index in [1.165, 1.54) is 5.56 Å². The molecule has 0 heterocycles. The van der Waals surface area contributed by atoms with Crippen LogP contribution in [0.3, 0.4) is 0 Å². The van der Waals surface area contributed by atoms with Crippen LogP contribution < -0.4 is 10.2 Å². The Balaban J connectivity index is 1.77. The zero-order chi connectivity index (χ0) is 15.1. The van der Waals surface area contributed by atoms with E-state index in [9.17, 15) is 0 Å². The quantitative estimate of drug-likeness (QED) is 0.741. The van der Waals surface area contributed by atoms with Gasteiger partial charge < -0.3 is 14.8 Å². The summed E-state index contributed by atoms with van der Waals surface area (Å²) < 4.78 is 5.64. The highest BCUT2D eigenvalue weighted by Crippen LogP contribution is 2.08. The summed E-state index contributed by atoms with van der Waals surface area (Å²) in [6.45, 7) is 2.22. The molecular weight excluding hydrogens is 265 g/mol. The van der Waals surface area contributed by atoms with Gasteiger partial charge in [-0.3, -0.25) is 4.90 Å². The largest absolute Gasteiger partial charge is 0.492 e.